The van der Waals surface area contributed by atoms with E-state index in [1.807, 2.05) is 0 Å². The molecular weight excluding hydrogens is 912 g/mol. The summed E-state index contributed by atoms with van der Waals surface area (Å²) in [6.07, 6.45) is 5.54. The second-order valence-corrected chi connectivity index (χ2v) is 18.5. The minimum atomic E-state index is -0.762. The molecule has 5 rings (SSSR count). The Morgan fingerprint density at radius 2 is 0.629 bits per heavy atom. The molecule has 1 aliphatic rings. The van der Waals surface area contributed by atoms with Crippen LogP contribution in [-0.4, -0.2) is 49.6 Å². The fourth-order valence-corrected chi connectivity index (χ4v) is 9.47. The maximum absolute atomic E-state index is 12.8. The molecule has 8 bridgehead atoms. The fraction of sp³-hybridized carbons (Fsp3) is 0.462. The summed E-state index contributed by atoms with van der Waals surface area (Å²) >= 11 is 7.71. The number of hydrogen-bond donors (Lipinski definition) is 0. The number of ketones is 4. The molecule has 0 unspecified atom stereocenters. The summed E-state index contributed by atoms with van der Waals surface area (Å²) in [6.45, 7) is 16.3. The number of halogens is 2. The Bertz CT molecular complexity index is 1990. The first-order valence-electron chi connectivity index (χ1n) is 22.1. The molecule has 332 valence electrons. The van der Waals surface area contributed by atoms with Gasteiger partial charge in [-0.15, -0.1) is 0 Å². The van der Waals surface area contributed by atoms with Crippen molar-refractivity contribution in [3.8, 4) is 23.0 Å². The molecule has 0 aliphatic heterocycles. The summed E-state index contributed by atoms with van der Waals surface area (Å²) in [7, 11) is 0. The molecule has 0 heterocycles. The monoisotopic (exact) mass is 972 g/mol. The van der Waals surface area contributed by atoms with Crippen LogP contribution in [0.25, 0.3) is 0 Å². The number of Topliss-reactive ketones (excluding diaryl/α,β-unsaturated/α-hetero) is 4. The number of fused-ring (bicyclic) bond motifs is 8. The van der Waals surface area contributed by atoms with Crippen molar-refractivity contribution in [3.63, 3.8) is 0 Å². The van der Waals surface area contributed by atoms with E-state index in [4.69, 9.17) is 18.9 Å². The van der Waals surface area contributed by atoms with Gasteiger partial charge in [-0.2, -0.15) is 0 Å². The van der Waals surface area contributed by atoms with E-state index < -0.39 is 11.8 Å². The van der Waals surface area contributed by atoms with Crippen LogP contribution in [0.5, 0.6) is 23.0 Å². The van der Waals surface area contributed by atoms with E-state index in [-0.39, 0.29) is 36.0 Å². The van der Waals surface area contributed by atoms with Crippen LogP contribution in [0.3, 0.4) is 0 Å². The Hall–Kier alpha value is -4.28. The highest BCUT2D eigenvalue weighted by Crippen LogP contribution is 2.42. The summed E-state index contributed by atoms with van der Waals surface area (Å²) in [5.74, 6) is 0.910. The quantitative estimate of drug-likeness (QED) is 0.0710. The van der Waals surface area contributed by atoms with E-state index in [1.54, 1.807) is 0 Å². The number of hydrogen-bond acceptors (Lipinski definition) is 8. The molecule has 0 radical (unpaired) electrons. The van der Waals surface area contributed by atoms with Gasteiger partial charge in [-0.1, -0.05) is 83.8 Å². The Labute approximate surface area is 385 Å². The first-order chi connectivity index (χ1) is 29.7. The Balaban J connectivity index is 1.91. The molecule has 0 amide bonds. The fourth-order valence-electron chi connectivity index (χ4n) is 8.36. The number of benzene rings is 4. The van der Waals surface area contributed by atoms with Gasteiger partial charge in [0.1, 0.15) is 46.1 Å². The molecule has 62 heavy (non-hydrogen) atoms. The lowest BCUT2D eigenvalue weighted by Gasteiger charge is -2.25. The number of ether oxygens (including phenoxy) is 4. The van der Waals surface area contributed by atoms with E-state index in [0.29, 0.717) is 52.1 Å². The van der Waals surface area contributed by atoms with Crippen molar-refractivity contribution >= 4 is 55.0 Å². The van der Waals surface area contributed by atoms with Crippen molar-refractivity contribution in [1.82, 2.24) is 0 Å². The van der Waals surface area contributed by atoms with Crippen LogP contribution in [0.15, 0.2) is 57.5 Å². The summed E-state index contributed by atoms with van der Waals surface area (Å²) in [6, 6.07) is 16.8. The molecule has 1 aliphatic carbocycles. The van der Waals surface area contributed by atoms with Gasteiger partial charge in [-0.05, 0) is 124 Å². The largest absolute Gasteiger partial charge is 0.493 e. The van der Waals surface area contributed by atoms with E-state index in [9.17, 15) is 19.2 Å². The zero-order chi connectivity index (χ0) is 45.1. The second-order valence-electron chi connectivity index (χ2n) is 16.6. The van der Waals surface area contributed by atoms with Crippen LogP contribution in [0.1, 0.15) is 137 Å². The highest BCUT2D eigenvalue weighted by Gasteiger charge is 2.27. The predicted molar refractivity (Wildman–Crippen MR) is 253 cm³/mol. The summed E-state index contributed by atoms with van der Waals surface area (Å²) in [5, 5.41) is 0. The molecule has 0 spiro atoms. The van der Waals surface area contributed by atoms with Crippen molar-refractivity contribution in [2.24, 2.45) is 11.8 Å². The predicted octanol–water partition coefficient (Wildman–Crippen LogP) is 11.7. The van der Waals surface area contributed by atoms with Gasteiger partial charge in [0.05, 0.1) is 38.3 Å². The first-order valence-corrected chi connectivity index (χ1v) is 23.7. The lowest BCUT2D eigenvalue weighted by Crippen LogP contribution is -2.22. The zero-order valence-corrected chi connectivity index (χ0v) is 40.9. The van der Waals surface area contributed by atoms with Crippen LogP contribution in [0.2, 0.25) is 0 Å². The Kier molecular flexibility index (Phi) is 18.0. The van der Waals surface area contributed by atoms with Gasteiger partial charge < -0.3 is 18.9 Å². The molecule has 4 aromatic carbocycles. The van der Waals surface area contributed by atoms with E-state index in [2.05, 4.69) is 108 Å². The van der Waals surface area contributed by atoms with Crippen molar-refractivity contribution in [1.29, 1.82) is 0 Å². The lowest BCUT2D eigenvalue weighted by atomic mass is 9.86. The van der Waals surface area contributed by atoms with Gasteiger partial charge in [0, 0.05) is 56.9 Å². The van der Waals surface area contributed by atoms with Gasteiger partial charge in [0.25, 0.3) is 0 Å². The number of carbonyl (C=O) groups is 4. The summed E-state index contributed by atoms with van der Waals surface area (Å²) in [5.41, 5.74) is 9.26. The van der Waals surface area contributed by atoms with E-state index in [1.165, 1.54) is 27.7 Å². The molecular formula is C52H62Br2O8. The molecule has 0 aromatic heterocycles. The van der Waals surface area contributed by atoms with Crippen molar-refractivity contribution in [2.75, 3.05) is 26.4 Å². The topological polar surface area (TPSA) is 105 Å². The van der Waals surface area contributed by atoms with Gasteiger partial charge in [-0.3, -0.25) is 19.2 Å². The average Bonchev–Trinajstić information content (AvgIpc) is 3.20. The Morgan fingerprint density at radius 1 is 0.419 bits per heavy atom. The standard InChI is InChI=1S/C52H62Br2O8/c1-9-13-59-49-37-17-35(21-47(31(5)55)32(6)56)18-38(49)24-42-28-46(54)30-44(52(42)62-16-12-4)26-40-20-36(22-48(33(7)57)34(8)58)19-39(50(40)60-14-10-2)25-43-29-45(53)27-41(23-37)51(43)61-15-11-3/h17-20,27-30,47-48H,9-16,21-26H2,1-8H3. The Morgan fingerprint density at radius 3 is 0.823 bits per heavy atom. The van der Waals surface area contributed by atoms with Crippen LogP contribution >= 0.6 is 31.9 Å². The average molecular weight is 975 g/mol. The van der Waals surface area contributed by atoms with Crippen molar-refractivity contribution in [2.45, 2.75) is 120 Å². The highest BCUT2D eigenvalue weighted by molar-refractivity contribution is 9.10. The number of rotatable bonds is 20. The molecule has 0 fully saturated rings. The zero-order valence-electron chi connectivity index (χ0n) is 37.7. The lowest BCUT2D eigenvalue weighted by molar-refractivity contribution is -0.131. The maximum atomic E-state index is 12.8. The highest BCUT2D eigenvalue weighted by atomic mass is 79.9. The van der Waals surface area contributed by atoms with Crippen LogP contribution in [0, 0.1) is 11.8 Å². The SMILES string of the molecule is CCCOc1c2cc(Br)cc1Cc1cc(CC(C(C)=O)C(C)=O)cc(c1OCCC)Cc1cc(Br)cc(c1OCCC)Cc1cc(CC(C(C)=O)C(C)=O)cc(c1OCCC)C2. The normalized spacial score (nSPS) is 12.3. The van der Waals surface area contributed by atoms with Gasteiger partial charge in [0.15, 0.2) is 0 Å². The summed E-state index contributed by atoms with van der Waals surface area (Å²) < 4.78 is 28.6. The second kappa shape index (κ2) is 22.9. The van der Waals surface area contributed by atoms with Crippen LogP contribution < -0.4 is 18.9 Å². The summed E-state index contributed by atoms with van der Waals surface area (Å²) in [4.78, 5) is 51.4. The molecule has 0 saturated heterocycles. The smallest absolute Gasteiger partial charge is 0.140 e. The van der Waals surface area contributed by atoms with E-state index >= 15 is 0 Å². The van der Waals surface area contributed by atoms with Gasteiger partial charge >= 0.3 is 0 Å². The molecule has 10 heteroatoms. The third kappa shape index (κ3) is 12.5. The van der Waals surface area contributed by atoms with Crippen molar-refractivity contribution < 1.29 is 38.1 Å². The van der Waals surface area contributed by atoms with Crippen LogP contribution in [0.4, 0.5) is 0 Å². The minimum absolute atomic E-state index is 0.160. The van der Waals surface area contributed by atoms with Gasteiger partial charge in [-0.25, -0.2) is 0 Å². The maximum Gasteiger partial charge on any atom is 0.140 e. The molecule has 4 aromatic rings. The molecule has 0 N–H and O–H groups in total. The van der Waals surface area contributed by atoms with Crippen LogP contribution in [-0.2, 0) is 57.7 Å². The minimum Gasteiger partial charge on any atom is -0.493 e. The third-order valence-corrected chi connectivity index (χ3v) is 12.1. The van der Waals surface area contributed by atoms with Gasteiger partial charge in [0.2, 0.25) is 0 Å². The molecule has 0 saturated carbocycles. The third-order valence-electron chi connectivity index (χ3n) is 11.2. The molecule has 0 atom stereocenters. The van der Waals surface area contributed by atoms with E-state index in [0.717, 1.165) is 113 Å². The first kappa shape index (κ1) is 48.7. The molecule has 8 nitrogen and oxygen atoms in total. The number of carbonyl (C=O) groups excluding carboxylic acids is 4. The van der Waals surface area contributed by atoms with Crippen molar-refractivity contribution in [3.05, 3.63) is 113 Å².